The van der Waals surface area contributed by atoms with Gasteiger partial charge in [-0.25, -0.2) is 0 Å². The zero-order valence-electron chi connectivity index (χ0n) is 13.0. The fourth-order valence-corrected chi connectivity index (χ4v) is 3.28. The SMILES string of the molecule is O=C(Cn1cc2c(n1)CCCC2)Nc1cccc2ccccc12. The van der Waals surface area contributed by atoms with Crippen LogP contribution in [0.2, 0.25) is 0 Å². The first kappa shape index (κ1) is 14.0. The smallest absolute Gasteiger partial charge is 0.246 e. The highest BCUT2D eigenvalue weighted by molar-refractivity contribution is 6.01. The van der Waals surface area contributed by atoms with Crippen LogP contribution < -0.4 is 5.32 Å². The van der Waals surface area contributed by atoms with E-state index in [-0.39, 0.29) is 12.5 Å². The number of anilines is 1. The number of hydrogen-bond acceptors (Lipinski definition) is 2. The monoisotopic (exact) mass is 305 g/mol. The number of carbonyl (C=O) groups is 1. The molecule has 0 atom stereocenters. The van der Waals surface area contributed by atoms with Gasteiger partial charge >= 0.3 is 0 Å². The topological polar surface area (TPSA) is 46.9 Å². The van der Waals surface area contributed by atoms with Crippen LogP contribution in [0.4, 0.5) is 5.69 Å². The second-order valence-electron chi connectivity index (χ2n) is 6.08. The van der Waals surface area contributed by atoms with Gasteiger partial charge in [0.25, 0.3) is 0 Å². The summed E-state index contributed by atoms with van der Waals surface area (Å²) >= 11 is 0. The number of rotatable bonds is 3. The molecule has 0 aliphatic heterocycles. The number of benzene rings is 2. The minimum atomic E-state index is -0.0406. The molecule has 1 aliphatic rings. The molecule has 1 aromatic heterocycles. The van der Waals surface area contributed by atoms with Crippen molar-refractivity contribution in [3.05, 3.63) is 59.9 Å². The van der Waals surface area contributed by atoms with Gasteiger partial charge in [-0.05, 0) is 42.7 Å². The molecule has 0 spiro atoms. The van der Waals surface area contributed by atoms with Crippen molar-refractivity contribution in [2.24, 2.45) is 0 Å². The molecule has 2 aromatic carbocycles. The summed E-state index contributed by atoms with van der Waals surface area (Å²) in [6.45, 7) is 0.260. The Kier molecular flexibility index (Phi) is 3.58. The molecule has 1 amide bonds. The molecule has 3 aromatic rings. The van der Waals surface area contributed by atoms with Gasteiger partial charge in [0.1, 0.15) is 6.54 Å². The molecule has 0 fully saturated rings. The maximum absolute atomic E-state index is 12.4. The maximum Gasteiger partial charge on any atom is 0.246 e. The van der Waals surface area contributed by atoms with Crippen molar-refractivity contribution in [2.75, 3.05) is 5.32 Å². The summed E-state index contributed by atoms with van der Waals surface area (Å²) < 4.78 is 1.77. The van der Waals surface area contributed by atoms with Gasteiger partial charge in [-0.15, -0.1) is 0 Å². The van der Waals surface area contributed by atoms with Crippen molar-refractivity contribution in [1.29, 1.82) is 0 Å². The second kappa shape index (κ2) is 5.88. The molecule has 4 rings (SSSR count). The summed E-state index contributed by atoms with van der Waals surface area (Å²) in [7, 11) is 0. The number of nitrogens with zero attached hydrogens (tertiary/aromatic N) is 2. The Balaban J connectivity index is 1.52. The Morgan fingerprint density at radius 2 is 1.91 bits per heavy atom. The molecule has 0 saturated carbocycles. The first-order valence-corrected chi connectivity index (χ1v) is 8.12. The fraction of sp³-hybridized carbons (Fsp3) is 0.263. The van der Waals surface area contributed by atoms with Gasteiger partial charge in [-0.3, -0.25) is 9.48 Å². The molecule has 0 bridgehead atoms. The second-order valence-corrected chi connectivity index (χ2v) is 6.08. The van der Waals surface area contributed by atoms with Crippen molar-refractivity contribution in [3.63, 3.8) is 0 Å². The molecule has 1 aliphatic carbocycles. The quantitative estimate of drug-likeness (QED) is 0.804. The zero-order valence-corrected chi connectivity index (χ0v) is 13.0. The van der Waals surface area contributed by atoms with Crippen LogP contribution >= 0.6 is 0 Å². The van der Waals surface area contributed by atoms with Crippen LogP contribution in [0, 0.1) is 0 Å². The molecule has 0 unspecified atom stereocenters. The van der Waals surface area contributed by atoms with Crippen LogP contribution in [0.25, 0.3) is 10.8 Å². The highest BCUT2D eigenvalue weighted by Crippen LogP contribution is 2.23. The highest BCUT2D eigenvalue weighted by Gasteiger charge is 2.15. The van der Waals surface area contributed by atoms with E-state index in [1.165, 1.54) is 18.4 Å². The third-order valence-electron chi connectivity index (χ3n) is 4.40. The normalized spacial score (nSPS) is 13.7. The molecule has 4 nitrogen and oxygen atoms in total. The fourth-order valence-electron chi connectivity index (χ4n) is 3.28. The molecule has 23 heavy (non-hydrogen) atoms. The van der Waals surface area contributed by atoms with Crippen molar-refractivity contribution < 1.29 is 4.79 Å². The largest absolute Gasteiger partial charge is 0.324 e. The number of carbonyl (C=O) groups excluding carboxylic acids is 1. The van der Waals surface area contributed by atoms with Gasteiger partial charge in [-0.2, -0.15) is 5.10 Å². The van der Waals surface area contributed by atoms with Crippen LogP contribution in [0.5, 0.6) is 0 Å². The lowest BCUT2D eigenvalue weighted by atomic mass is 9.99. The van der Waals surface area contributed by atoms with Gasteiger partial charge in [-0.1, -0.05) is 36.4 Å². The summed E-state index contributed by atoms with van der Waals surface area (Å²) in [5, 5.41) is 9.75. The third-order valence-corrected chi connectivity index (χ3v) is 4.40. The molecule has 1 heterocycles. The van der Waals surface area contributed by atoms with Crippen molar-refractivity contribution in [3.8, 4) is 0 Å². The van der Waals surface area contributed by atoms with E-state index in [0.29, 0.717) is 0 Å². The van der Waals surface area contributed by atoms with Crippen molar-refractivity contribution in [1.82, 2.24) is 9.78 Å². The maximum atomic E-state index is 12.4. The summed E-state index contributed by atoms with van der Waals surface area (Å²) in [6, 6.07) is 14.0. The van der Waals surface area contributed by atoms with Crippen LogP contribution in [-0.2, 0) is 24.2 Å². The Hall–Kier alpha value is -2.62. The van der Waals surface area contributed by atoms with Gasteiger partial charge in [0, 0.05) is 17.3 Å². The van der Waals surface area contributed by atoms with E-state index in [4.69, 9.17) is 0 Å². The van der Waals surface area contributed by atoms with E-state index in [1.807, 2.05) is 48.7 Å². The van der Waals surface area contributed by atoms with Crippen LogP contribution in [0.15, 0.2) is 48.7 Å². The van der Waals surface area contributed by atoms with Crippen molar-refractivity contribution in [2.45, 2.75) is 32.2 Å². The van der Waals surface area contributed by atoms with Gasteiger partial charge in [0.15, 0.2) is 0 Å². The first-order valence-electron chi connectivity index (χ1n) is 8.12. The van der Waals surface area contributed by atoms with E-state index in [1.54, 1.807) is 4.68 Å². The molecule has 0 radical (unpaired) electrons. The predicted molar refractivity (Wildman–Crippen MR) is 91.4 cm³/mol. The lowest BCUT2D eigenvalue weighted by Crippen LogP contribution is -2.19. The summed E-state index contributed by atoms with van der Waals surface area (Å²) in [5.74, 6) is -0.0406. The van der Waals surface area contributed by atoms with E-state index < -0.39 is 0 Å². The average Bonchev–Trinajstić information content (AvgIpc) is 2.97. The molecule has 1 N–H and O–H groups in total. The first-order chi connectivity index (χ1) is 11.3. The lowest BCUT2D eigenvalue weighted by Gasteiger charge is -2.08. The van der Waals surface area contributed by atoms with E-state index in [2.05, 4.69) is 10.4 Å². The number of amides is 1. The Morgan fingerprint density at radius 1 is 1.09 bits per heavy atom. The zero-order chi connectivity index (χ0) is 15.6. The van der Waals surface area contributed by atoms with Crippen LogP contribution in [0.1, 0.15) is 24.1 Å². The molecule has 0 saturated heterocycles. The van der Waals surface area contributed by atoms with Crippen molar-refractivity contribution >= 4 is 22.4 Å². The molecule has 4 heteroatoms. The Bertz CT molecular complexity index is 837. The standard InChI is InChI=1S/C19H19N3O/c23-19(13-22-12-15-7-2-4-10-17(15)21-22)20-18-11-5-8-14-6-1-3-9-16(14)18/h1,3,5-6,8-9,11-12H,2,4,7,10,13H2,(H,20,23). The van der Waals surface area contributed by atoms with E-state index >= 15 is 0 Å². The Morgan fingerprint density at radius 3 is 2.83 bits per heavy atom. The Labute approximate surface area is 135 Å². The lowest BCUT2D eigenvalue weighted by molar-refractivity contribution is -0.116. The number of aromatic nitrogens is 2. The van der Waals surface area contributed by atoms with Gasteiger partial charge in [0.05, 0.1) is 5.69 Å². The summed E-state index contributed by atoms with van der Waals surface area (Å²) in [6.07, 6.45) is 6.57. The molecular weight excluding hydrogens is 286 g/mol. The van der Waals surface area contributed by atoms with E-state index in [0.717, 1.165) is 35.0 Å². The number of nitrogens with one attached hydrogen (secondary N) is 1. The number of fused-ring (bicyclic) bond motifs is 2. The average molecular weight is 305 g/mol. The van der Waals surface area contributed by atoms with Crippen LogP contribution in [0.3, 0.4) is 0 Å². The van der Waals surface area contributed by atoms with E-state index in [9.17, 15) is 4.79 Å². The van der Waals surface area contributed by atoms with Gasteiger partial charge < -0.3 is 5.32 Å². The number of aryl methyl sites for hydroxylation is 2. The molecule has 116 valence electrons. The number of hydrogen-bond donors (Lipinski definition) is 1. The predicted octanol–water partition coefficient (Wildman–Crippen LogP) is 3.55. The van der Waals surface area contributed by atoms with Crippen LogP contribution in [-0.4, -0.2) is 15.7 Å². The minimum absolute atomic E-state index is 0.0406. The third kappa shape index (κ3) is 2.84. The van der Waals surface area contributed by atoms with Gasteiger partial charge in [0.2, 0.25) is 5.91 Å². The highest BCUT2D eigenvalue weighted by atomic mass is 16.2. The summed E-state index contributed by atoms with van der Waals surface area (Å²) in [5.41, 5.74) is 3.31. The summed E-state index contributed by atoms with van der Waals surface area (Å²) in [4.78, 5) is 12.4. The minimum Gasteiger partial charge on any atom is -0.324 e. The molecular formula is C19H19N3O.